The Morgan fingerprint density at radius 2 is 2.12 bits per heavy atom. The highest BCUT2D eigenvalue weighted by atomic mass is 19.1. The van der Waals surface area contributed by atoms with E-state index in [1.54, 1.807) is 12.1 Å². The Balaban J connectivity index is 1.51. The number of ether oxygens (including phenoxy) is 1. The van der Waals surface area contributed by atoms with Crippen LogP contribution in [0.5, 0.6) is 5.75 Å². The molecule has 0 aliphatic carbocycles. The van der Waals surface area contributed by atoms with Crippen molar-refractivity contribution in [3.8, 4) is 5.75 Å². The number of aromatic amines is 1. The molecule has 0 aliphatic rings. The number of nitrogens with one attached hydrogen (secondary N) is 2. The number of halogens is 1. The van der Waals surface area contributed by atoms with Gasteiger partial charge in [-0.2, -0.15) is 0 Å². The molecule has 0 bridgehead atoms. The van der Waals surface area contributed by atoms with E-state index in [9.17, 15) is 9.18 Å². The number of nitrogens with zero attached hydrogens (tertiary/aromatic N) is 1. The summed E-state index contributed by atoms with van der Waals surface area (Å²) < 4.78 is 18.5. The highest BCUT2D eigenvalue weighted by Gasteiger charge is 2.07. The summed E-state index contributed by atoms with van der Waals surface area (Å²) in [6.45, 7) is 0.338. The summed E-state index contributed by atoms with van der Waals surface area (Å²) in [7, 11) is 1.42. The van der Waals surface area contributed by atoms with Crippen molar-refractivity contribution in [2.24, 2.45) is 0 Å². The zero-order chi connectivity index (χ0) is 16.9. The number of para-hydroxylation sites is 2. The maximum atomic E-state index is 13.6. The van der Waals surface area contributed by atoms with E-state index in [1.807, 2.05) is 24.3 Å². The number of imidazole rings is 1. The molecule has 0 aliphatic heterocycles. The SMILES string of the molecule is COc1ccc(CCC(=O)NCc2nc3ccccc3[nH]2)cc1F. The molecule has 0 spiro atoms. The van der Waals surface area contributed by atoms with Gasteiger partial charge in [-0.25, -0.2) is 9.37 Å². The third-order valence-corrected chi connectivity index (χ3v) is 3.75. The van der Waals surface area contributed by atoms with Gasteiger partial charge in [-0.15, -0.1) is 0 Å². The van der Waals surface area contributed by atoms with Gasteiger partial charge in [0.2, 0.25) is 5.91 Å². The molecule has 5 nitrogen and oxygen atoms in total. The van der Waals surface area contributed by atoms with Crippen LogP contribution in [0.15, 0.2) is 42.5 Å². The van der Waals surface area contributed by atoms with Crippen molar-refractivity contribution in [3.05, 3.63) is 59.7 Å². The zero-order valence-corrected chi connectivity index (χ0v) is 13.3. The van der Waals surface area contributed by atoms with Crippen LogP contribution in [0.3, 0.4) is 0 Å². The molecule has 6 heteroatoms. The van der Waals surface area contributed by atoms with Gasteiger partial charge < -0.3 is 15.0 Å². The van der Waals surface area contributed by atoms with Crippen LogP contribution < -0.4 is 10.1 Å². The first-order chi connectivity index (χ1) is 11.7. The molecule has 2 N–H and O–H groups in total. The second-order valence-electron chi connectivity index (χ2n) is 5.45. The molecule has 1 heterocycles. The normalized spacial score (nSPS) is 10.8. The van der Waals surface area contributed by atoms with Crippen LogP contribution in [-0.4, -0.2) is 23.0 Å². The summed E-state index contributed by atoms with van der Waals surface area (Å²) in [4.78, 5) is 19.5. The highest BCUT2D eigenvalue weighted by Crippen LogP contribution is 2.18. The smallest absolute Gasteiger partial charge is 0.220 e. The second kappa shape index (κ2) is 7.12. The number of carbonyl (C=O) groups excluding carboxylic acids is 1. The first-order valence-corrected chi connectivity index (χ1v) is 7.68. The number of aromatic nitrogens is 2. The van der Waals surface area contributed by atoms with E-state index in [1.165, 1.54) is 13.2 Å². The van der Waals surface area contributed by atoms with Crippen LogP contribution in [0, 0.1) is 5.82 Å². The number of methoxy groups -OCH3 is 1. The molecule has 124 valence electrons. The van der Waals surface area contributed by atoms with E-state index >= 15 is 0 Å². The summed E-state index contributed by atoms with van der Waals surface area (Å²) in [5.74, 6) is 0.387. The standard InChI is InChI=1S/C18H18FN3O2/c1-24-16-8-6-12(10-13(16)19)7-9-18(23)20-11-17-21-14-4-2-3-5-15(14)22-17/h2-6,8,10H,7,9,11H2,1H3,(H,20,23)(H,21,22). The Morgan fingerprint density at radius 3 is 2.88 bits per heavy atom. The predicted molar refractivity (Wildman–Crippen MR) is 89.2 cm³/mol. The Hall–Kier alpha value is -2.89. The van der Waals surface area contributed by atoms with Crippen LogP contribution >= 0.6 is 0 Å². The highest BCUT2D eigenvalue weighted by molar-refractivity contribution is 5.77. The lowest BCUT2D eigenvalue weighted by Crippen LogP contribution is -2.23. The van der Waals surface area contributed by atoms with Crippen LogP contribution in [0.1, 0.15) is 17.8 Å². The van der Waals surface area contributed by atoms with E-state index in [2.05, 4.69) is 15.3 Å². The van der Waals surface area contributed by atoms with Gasteiger partial charge in [-0.05, 0) is 36.2 Å². The minimum atomic E-state index is -0.419. The fourth-order valence-electron chi connectivity index (χ4n) is 2.48. The number of benzene rings is 2. The van der Waals surface area contributed by atoms with E-state index in [0.717, 1.165) is 16.6 Å². The molecule has 24 heavy (non-hydrogen) atoms. The van der Waals surface area contributed by atoms with Crippen molar-refractivity contribution in [2.75, 3.05) is 7.11 Å². The van der Waals surface area contributed by atoms with Crippen molar-refractivity contribution in [2.45, 2.75) is 19.4 Å². The van der Waals surface area contributed by atoms with Gasteiger partial charge in [-0.3, -0.25) is 4.79 Å². The summed E-state index contributed by atoms with van der Waals surface area (Å²) in [6.07, 6.45) is 0.749. The molecular weight excluding hydrogens is 309 g/mol. The molecule has 1 aromatic heterocycles. The number of H-pyrrole nitrogens is 1. The van der Waals surface area contributed by atoms with Gasteiger partial charge in [0.25, 0.3) is 0 Å². The Morgan fingerprint density at radius 1 is 1.29 bits per heavy atom. The number of aryl methyl sites for hydroxylation is 1. The molecule has 3 rings (SSSR count). The Bertz CT molecular complexity index is 827. The van der Waals surface area contributed by atoms with E-state index < -0.39 is 5.82 Å². The average molecular weight is 327 g/mol. The summed E-state index contributed by atoms with van der Waals surface area (Å²) >= 11 is 0. The first-order valence-electron chi connectivity index (χ1n) is 7.68. The topological polar surface area (TPSA) is 67.0 Å². The molecule has 1 amide bonds. The number of hydrogen-bond donors (Lipinski definition) is 2. The fraction of sp³-hybridized carbons (Fsp3) is 0.222. The van der Waals surface area contributed by atoms with Gasteiger partial charge >= 0.3 is 0 Å². The predicted octanol–water partition coefficient (Wildman–Crippen LogP) is 2.96. The van der Waals surface area contributed by atoms with Crippen molar-refractivity contribution in [1.82, 2.24) is 15.3 Å². The first kappa shape index (κ1) is 16.0. The van der Waals surface area contributed by atoms with Crippen molar-refractivity contribution in [3.63, 3.8) is 0 Å². The van der Waals surface area contributed by atoms with Crippen molar-refractivity contribution in [1.29, 1.82) is 0 Å². The lowest BCUT2D eigenvalue weighted by atomic mass is 10.1. The van der Waals surface area contributed by atoms with Crippen LogP contribution in [0.25, 0.3) is 11.0 Å². The number of carbonyl (C=O) groups is 1. The van der Waals surface area contributed by atoms with Crippen LogP contribution in [0.2, 0.25) is 0 Å². The van der Waals surface area contributed by atoms with E-state index in [-0.39, 0.29) is 18.1 Å². The number of hydrogen-bond acceptors (Lipinski definition) is 3. The van der Waals surface area contributed by atoms with Crippen molar-refractivity contribution >= 4 is 16.9 Å². The lowest BCUT2D eigenvalue weighted by Gasteiger charge is -2.06. The monoisotopic (exact) mass is 327 g/mol. The molecule has 0 unspecified atom stereocenters. The summed E-state index contributed by atoms with van der Waals surface area (Å²) in [6, 6.07) is 12.4. The van der Waals surface area contributed by atoms with Crippen LogP contribution in [0.4, 0.5) is 4.39 Å². The Labute approximate surface area is 138 Å². The Kier molecular flexibility index (Phi) is 4.74. The average Bonchev–Trinajstić information content (AvgIpc) is 3.01. The molecule has 0 saturated heterocycles. The number of amides is 1. The molecule has 3 aromatic rings. The van der Waals surface area contributed by atoms with Crippen molar-refractivity contribution < 1.29 is 13.9 Å². The number of rotatable bonds is 6. The molecule has 0 atom stereocenters. The van der Waals surface area contributed by atoms with Gasteiger partial charge in [0.15, 0.2) is 11.6 Å². The minimum absolute atomic E-state index is 0.105. The molecule has 2 aromatic carbocycles. The third-order valence-electron chi connectivity index (χ3n) is 3.75. The van der Waals surface area contributed by atoms with Gasteiger partial charge in [0.05, 0.1) is 24.7 Å². The molecule has 0 radical (unpaired) electrons. The maximum Gasteiger partial charge on any atom is 0.220 e. The van der Waals surface area contributed by atoms with Gasteiger partial charge in [0, 0.05) is 6.42 Å². The maximum absolute atomic E-state index is 13.6. The molecule has 0 saturated carbocycles. The zero-order valence-electron chi connectivity index (χ0n) is 13.3. The van der Waals surface area contributed by atoms with Crippen LogP contribution in [-0.2, 0) is 17.8 Å². The van der Waals surface area contributed by atoms with Gasteiger partial charge in [-0.1, -0.05) is 18.2 Å². The van der Waals surface area contributed by atoms with Gasteiger partial charge in [0.1, 0.15) is 5.82 Å². The van der Waals surface area contributed by atoms with E-state index in [0.29, 0.717) is 18.8 Å². The molecular formula is C18H18FN3O2. The molecule has 0 fully saturated rings. The quantitative estimate of drug-likeness (QED) is 0.731. The third kappa shape index (κ3) is 3.71. The number of fused-ring (bicyclic) bond motifs is 1. The minimum Gasteiger partial charge on any atom is -0.494 e. The van der Waals surface area contributed by atoms with E-state index in [4.69, 9.17) is 4.74 Å². The lowest BCUT2D eigenvalue weighted by molar-refractivity contribution is -0.121. The largest absolute Gasteiger partial charge is 0.494 e. The fourth-order valence-corrected chi connectivity index (χ4v) is 2.48. The second-order valence-corrected chi connectivity index (χ2v) is 5.45. The summed E-state index contributed by atoms with van der Waals surface area (Å²) in [5, 5.41) is 2.82. The summed E-state index contributed by atoms with van der Waals surface area (Å²) in [5.41, 5.74) is 2.57.